The second kappa shape index (κ2) is 5.62. The first-order valence-electron chi connectivity index (χ1n) is 4.31. The summed E-state index contributed by atoms with van der Waals surface area (Å²) in [6, 6.07) is 7.08. The molecule has 1 atom stereocenters. The summed E-state index contributed by atoms with van der Waals surface area (Å²) in [5.41, 5.74) is 1.03. The fraction of sp³-hybridized carbons (Fsp3) is 0.300. The number of carbonyl (C=O) groups is 1. The van der Waals surface area contributed by atoms with Crippen LogP contribution >= 0.6 is 11.6 Å². The first-order valence-corrected chi connectivity index (χ1v) is 4.69. The highest BCUT2D eigenvalue weighted by Gasteiger charge is 2.06. The maximum Gasteiger partial charge on any atom is 0.207 e. The van der Waals surface area contributed by atoms with Crippen molar-refractivity contribution in [2.24, 2.45) is 0 Å². The van der Waals surface area contributed by atoms with Gasteiger partial charge in [0.2, 0.25) is 6.41 Å². The van der Waals surface area contributed by atoms with Crippen LogP contribution in [0.5, 0.6) is 0 Å². The van der Waals surface area contributed by atoms with Crippen LogP contribution in [0.15, 0.2) is 24.3 Å². The molecule has 0 heterocycles. The molecule has 1 unspecified atom stereocenters. The topological polar surface area (TPSA) is 49.3 Å². The van der Waals surface area contributed by atoms with Crippen molar-refractivity contribution in [2.75, 3.05) is 6.61 Å². The van der Waals surface area contributed by atoms with Gasteiger partial charge in [-0.1, -0.05) is 23.7 Å². The van der Waals surface area contributed by atoms with E-state index in [0.717, 1.165) is 5.56 Å². The number of rotatable bonds is 5. The van der Waals surface area contributed by atoms with Gasteiger partial charge in [0.15, 0.2) is 0 Å². The van der Waals surface area contributed by atoms with E-state index in [2.05, 4.69) is 5.32 Å². The molecular formula is C10H12ClNO2. The summed E-state index contributed by atoms with van der Waals surface area (Å²) in [6.07, 6.45) is 1.20. The molecule has 0 aliphatic rings. The summed E-state index contributed by atoms with van der Waals surface area (Å²) < 4.78 is 0. The molecule has 1 rings (SSSR count). The molecule has 0 saturated carbocycles. The van der Waals surface area contributed by atoms with Crippen molar-refractivity contribution < 1.29 is 9.90 Å². The third-order valence-electron chi connectivity index (χ3n) is 1.92. The summed E-state index contributed by atoms with van der Waals surface area (Å²) in [5.74, 6) is 0. The smallest absolute Gasteiger partial charge is 0.207 e. The molecule has 2 N–H and O–H groups in total. The molecule has 1 aromatic rings. The average Bonchev–Trinajstić information content (AvgIpc) is 2.20. The Morgan fingerprint density at radius 3 is 2.57 bits per heavy atom. The number of aliphatic hydroxyl groups excluding tert-OH is 1. The van der Waals surface area contributed by atoms with Crippen molar-refractivity contribution in [2.45, 2.75) is 12.5 Å². The van der Waals surface area contributed by atoms with E-state index in [0.29, 0.717) is 17.9 Å². The van der Waals surface area contributed by atoms with Crippen LogP contribution in [0.3, 0.4) is 0 Å². The standard InChI is InChI=1S/C10H12ClNO2/c11-9-3-1-8(2-4-9)5-10(6-13)12-7-14/h1-4,7,10,13H,5-6H2,(H,12,14). The Bertz CT molecular complexity index is 287. The number of aliphatic hydroxyl groups is 1. The highest BCUT2D eigenvalue weighted by molar-refractivity contribution is 6.30. The van der Waals surface area contributed by atoms with E-state index in [1.165, 1.54) is 0 Å². The van der Waals surface area contributed by atoms with Gasteiger partial charge in [0, 0.05) is 5.02 Å². The quantitative estimate of drug-likeness (QED) is 0.717. The highest BCUT2D eigenvalue weighted by Crippen LogP contribution is 2.10. The van der Waals surface area contributed by atoms with Crippen LogP contribution in [0.4, 0.5) is 0 Å². The average molecular weight is 214 g/mol. The van der Waals surface area contributed by atoms with E-state index in [-0.39, 0.29) is 12.6 Å². The number of hydrogen-bond acceptors (Lipinski definition) is 2. The Kier molecular flexibility index (Phi) is 4.43. The number of benzene rings is 1. The Balaban J connectivity index is 2.57. The molecule has 0 spiro atoms. The maximum absolute atomic E-state index is 10.2. The predicted octanol–water partition coefficient (Wildman–Crippen LogP) is 0.989. The molecule has 0 aliphatic heterocycles. The van der Waals surface area contributed by atoms with E-state index in [4.69, 9.17) is 16.7 Å². The highest BCUT2D eigenvalue weighted by atomic mass is 35.5. The summed E-state index contributed by atoms with van der Waals surface area (Å²) in [7, 11) is 0. The van der Waals surface area contributed by atoms with E-state index in [1.807, 2.05) is 12.1 Å². The summed E-state index contributed by atoms with van der Waals surface area (Å²) >= 11 is 5.72. The van der Waals surface area contributed by atoms with Gasteiger partial charge in [-0.2, -0.15) is 0 Å². The zero-order valence-electron chi connectivity index (χ0n) is 7.61. The molecular weight excluding hydrogens is 202 g/mol. The second-order valence-corrected chi connectivity index (χ2v) is 3.43. The molecule has 14 heavy (non-hydrogen) atoms. The first kappa shape index (κ1) is 11.0. The summed E-state index contributed by atoms with van der Waals surface area (Å²) in [5, 5.41) is 12.1. The molecule has 0 saturated heterocycles. The Labute approximate surface area is 87.7 Å². The van der Waals surface area contributed by atoms with Crippen molar-refractivity contribution in [1.82, 2.24) is 5.32 Å². The monoisotopic (exact) mass is 213 g/mol. The van der Waals surface area contributed by atoms with Crippen LogP contribution in [0, 0.1) is 0 Å². The third kappa shape index (κ3) is 3.36. The fourth-order valence-electron chi connectivity index (χ4n) is 1.18. The number of amides is 1. The zero-order chi connectivity index (χ0) is 10.4. The van der Waals surface area contributed by atoms with E-state index in [1.54, 1.807) is 12.1 Å². The minimum Gasteiger partial charge on any atom is -0.394 e. The molecule has 1 aromatic carbocycles. The molecule has 76 valence electrons. The van der Waals surface area contributed by atoms with Gasteiger partial charge in [-0.3, -0.25) is 4.79 Å². The lowest BCUT2D eigenvalue weighted by atomic mass is 10.1. The SMILES string of the molecule is O=CNC(CO)Cc1ccc(Cl)cc1. The zero-order valence-corrected chi connectivity index (χ0v) is 8.37. The lowest BCUT2D eigenvalue weighted by Crippen LogP contribution is -2.33. The van der Waals surface area contributed by atoms with E-state index < -0.39 is 0 Å². The third-order valence-corrected chi connectivity index (χ3v) is 2.17. The van der Waals surface area contributed by atoms with Crippen molar-refractivity contribution in [1.29, 1.82) is 0 Å². The molecule has 0 fully saturated rings. The van der Waals surface area contributed by atoms with Crippen LogP contribution in [0.25, 0.3) is 0 Å². The molecule has 4 heteroatoms. The van der Waals surface area contributed by atoms with Crippen LogP contribution in [-0.4, -0.2) is 24.2 Å². The van der Waals surface area contributed by atoms with E-state index in [9.17, 15) is 4.79 Å². The molecule has 0 bridgehead atoms. The lowest BCUT2D eigenvalue weighted by Gasteiger charge is -2.12. The van der Waals surface area contributed by atoms with Gasteiger partial charge >= 0.3 is 0 Å². The first-order chi connectivity index (χ1) is 6.76. The Morgan fingerprint density at radius 1 is 1.43 bits per heavy atom. The normalized spacial score (nSPS) is 12.1. The molecule has 0 radical (unpaired) electrons. The van der Waals surface area contributed by atoms with Crippen molar-refractivity contribution in [3.8, 4) is 0 Å². The van der Waals surface area contributed by atoms with Crippen LogP contribution < -0.4 is 5.32 Å². The molecule has 1 amide bonds. The molecule has 3 nitrogen and oxygen atoms in total. The Morgan fingerprint density at radius 2 is 2.07 bits per heavy atom. The fourth-order valence-corrected chi connectivity index (χ4v) is 1.30. The lowest BCUT2D eigenvalue weighted by molar-refractivity contribution is -0.110. The predicted molar refractivity (Wildman–Crippen MR) is 55.2 cm³/mol. The van der Waals surface area contributed by atoms with Crippen LogP contribution in [-0.2, 0) is 11.2 Å². The minimum atomic E-state index is -0.228. The van der Waals surface area contributed by atoms with Crippen molar-refractivity contribution >= 4 is 18.0 Å². The number of hydrogen-bond donors (Lipinski definition) is 2. The molecule has 0 aliphatic carbocycles. The van der Waals surface area contributed by atoms with Gasteiger partial charge in [-0.05, 0) is 24.1 Å². The van der Waals surface area contributed by atoms with Crippen molar-refractivity contribution in [3.05, 3.63) is 34.9 Å². The van der Waals surface area contributed by atoms with Crippen molar-refractivity contribution in [3.63, 3.8) is 0 Å². The van der Waals surface area contributed by atoms with Gasteiger partial charge in [-0.25, -0.2) is 0 Å². The number of carbonyl (C=O) groups excluding carboxylic acids is 1. The maximum atomic E-state index is 10.2. The van der Waals surface area contributed by atoms with Crippen LogP contribution in [0.2, 0.25) is 5.02 Å². The van der Waals surface area contributed by atoms with Gasteiger partial charge in [0.1, 0.15) is 0 Å². The molecule has 0 aromatic heterocycles. The van der Waals surface area contributed by atoms with Crippen LogP contribution in [0.1, 0.15) is 5.56 Å². The number of nitrogens with one attached hydrogen (secondary N) is 1. The summed E-state index contributed by atoms with van der Waals surface area (Å²) in [6.45, 7) is -0.0681. The van der Waals surface area contributed by atoms with Gasteiger partial charge in [0.05, 0.1) is 12.6 Å². The minimum absolute atomic E-state index is 0.0681. The van der Waals surface area contributed by atoms with E-state index >= 15 is 0 Å². The van der Waals surface area contributed by atoms with Gasteiger partial charge in [-0.15, -0.1) is 0 Å². The van der Waals surface area contributed by atoms with Gasteiger partial charge in [0.25, 0.3) is 0 Å². The summed E-state index contributed by atoms with van der Waals surface area (Å²) in [4.78, 5) is 10.2. The largest absolute Gasteiger partial charge is 0.394 e. The van der Waals surface area contributed by atoms with Gasteiger partial charge < -0.3 is 10.4 Å². The number of halogens is 1. The Hall–Kier alpha value is -1.06. The second-order valence-electron chi connectivity index (χ2n) is 2.99.